The third kappa shape index (κ3) is 2.06. The van der Waals surface area contributed by atoms with Crippen molar-refractivity contribution in [2.75, 3.05) is 0 Å². The molecule has 6 nitrogen and oxygen atoms in total. The summed E-state index contributed by atoms with van der Waals surface area (Å²) in [7, 11) is 1.95. The zero-order chi connectivity index (χ0) is 14.4. The molecule has 0 saturated heterocycles. The molecule has 0 aliphatic heterocycles. The fourth-order valence-electron chi connectivity index (χ4n) is 2.15. The number of fused-ring (bicyclic) bond motifs is 1. The van der Waals surface area contributed by atoms with Gasteiger partial charge in [0.05, 0.1) is 17.4 Å². The van der Waals surface area contributed by atoms with Crippen LogP contribution in [0.25, 0.3) is 34.1 Å². The standard InChI is InChI=1S/C14H9BrN4O2/c1-19-7-16-9-6-8(2-3-10(9)19)13-17-14(21-18-13)11-4-5-12(15)20-11/h2-7H,1H3. The minimum Gasteiger partial charge on any atom is -0.444 e. The van der Waals surface area contributed by atoms with Crippen molar-refractivity contribution >= 4 is 27.0 Å². The zero-order valence-electron chi connectivity index (χ0n) is 10.9. The number of imidazole rings is 1. The van der Waals surface area contributed by atoms with Crippen LogP contribution in [-0.4, -0.2) is 19.7 Å². The Bertz CT molecular complexity index is 937. The quantitative estimate of drug-likeness (QED) is 0.555. The van der Waals surface area contributed by atoms with Gasteiger partial charge < -0.3 is 13.5 Å². The molecule has 3 heterocycles. The minimum absolute atomic E-state index is 0.344. The van der Waals surface area contributed by atoms with Crippen molar-refractivity contribution in [1.29, 1.82) is 0 Å². The predicted octanol–water partition coefficient (Wildman–Crippen LogP) is 3.65. The lowest BCUT2D eigenvalue weighted by molar-refractivity contribution is 0.414. The molecule has 0 unspecified atom stereocenters. The number of nitrogens with zero attached hydrogens (tertiary/aromatic N) is 4. The summed E-state index contributed by atoms with van der Waals surface area (Å²) in [5.41, 5.74) is 2.79. The van der Waals surface area contributed by atoms with Gasteiger partial charge in [-0.25, -0.2) is 4.98 Å². The molecule has 3 aromatic heterocycles. The first-order chi connectivity index (χ1) is 10.2. The molecular formula is C14H9BrN4O2. The third-order valence-corrected chi connectivity index (χ3v) is 3.62. The van der Waals surface area contributed by atoms with Gasteiger partial charge in [0.1, 0.15) is 0 Å². The molecule has 104 valence electrons. The zero-order valence-corrected chi connectivity index (χ0v) is 12.5. The average molecular weight is 345 g/mol. The number of hydrogen-bond donors (Lipinski definition) is 0. The Balaban J connectivity index is 1.76. The molecule has 21 heavy (non-hydrogen) atoms. The molecule has 0 saturated carbocycles. The summed E-state index contributed by atoms with van der Waals surface area (Å²) in [4.78, 5) is 8.68. The fourth-order valence-corrected chi connectivity index (χ4v) is 2.45. The van der Waals surface area contributed by atoms with Crippen LogP contribution in [0, 0.1) is 0 Å². The summed E-state index contributed by atoms with van der Waals surface area (Å²) in [6, 6.07) is 9.40. The van der Waals surface area contributed by atoms with E-state index in [1.54, 1.807) is 18.5 Å². The topological polar surface area (TPSA) is 69.9 Å². The Morgan fingerprint density at radius 2 is 2.10 bits per heavy atom. The van der Waals surface area contributed by atoms with Crippen molar-refractivity contribution in [1.82, 2.24) is 19.7 Å². The lowest BCUT2D eigenvalue weighted by Crippen LogP contribution is -1.85. The van der Waals surface area contributed by atoms with Crippen molar-refractivity contribution in [3.8, 4) is 23.0 Å². The highest BCUT2D eigenvalue weighted by atomic mass is 79.9. The van der Waals surface area contributed by atoms with Crippen LogP contribution in [-0.2, 0) is 7.05 Å². The van der Waals surface area contributed by atoms with E-state index in [0.717, 1.165) is 16.6 Å². The molecule has 1 aromatic carbocycles. The molecule has 0 fully saturated rings. The summed E-state index contributed by atoms with van der Waals surface area (Å²) in [6.07, 6.45) is 1.77. The minimum atomic E-state index is 0.344. The van der Waals surface area contributed by atoms with Crippen LogP contribution in [0.4, 0.5) is 0 Å². The van der Waals surface area contributed by atoms with Crippen molar-refractivity contribution in [2.45, 2.75) is 0 Å². The van der Waals surface area contributed by atoms with E-state index in [1.165, 1.54) is 0 Å². The number of aryl methyl sites for hydroxylation is 1. The van der Waals surface area contributed by atoms with Gasteiger partial charge in [-0.1, -0.05) is 5.16 Å². The number of halogens is 1. The van der Waals surface area contributed by atoms with E-state index in [9.17, 15) is 0 Å². The number of furan rings is 1. The van der Waals surface area contributed by atoms with Crippen molar-refractivity contribution in [3.63, 3.8) is 0 Å². The van der Waals surface area contributed by atoms with E-state index >= 15 is 0 Å². The summed E-state index contributed by atoms with van der Waals surface area (Å²) in [5, 5.41) is 3.99. The fraction of sp³-hybridized carbons (Fsp3) is 0.0714. The molecule has 0 spiro atoms. The van der Waals surface area contributed by atoms with Gasteiger partial charge in [-0.05, 0) is 46.3 Å². The van der Waals surface area contributed by atoms with E-state index in [2.05, 4.69) is 31.1 Å². The van der Waals surface area contributed by atoms with Crippen LogP contribution in [0.5, 0.6) is 0 Å². The highest BCUT2D eigenvalue weighted by Crippen LogP contribution is 2.27. The highest BCUT2D eigenvalue weighted by Gasteiger charge is 2.14. The smallest absolute Gasteiger partial charge is 0.293 e. The van der Waals surface area contributed by atoms with E-state index in [4.69, 9.17) is 8.94 Å². The summed E-state index contributed by atoms with van der Waals surface area (Å²) in [5.74, 6) is 1.38. The van der Waals surface area contributed by atoms with Crippen LogP contribution < -0.4 is 0 Å². The van der Waals surface area contributed by atoms with Crippen LogP contribution in [0.2, 0.25) is 0 Å². The maximum absolute atomic E-state index is 5.40. The van der Waals surface area contributed by atoms with Gasteiger partial charge in [-0.15, -0.1) is 0 Å². The Kier molecular flexibility index (Phi) is 2.68. The number of aromatic nitrogens is 4. The lowest BCUT2D eigenvalue weighted by Gasteiger charge is -1.96. The van der Waals surface area contributed by atoms with E-state index < -0.39 is 0 Å². The van der Waals surface area contributed by atoms with E-state index in [0.29, 0.717) is 22.1 Å². The first kappa shape index (κ1) is 12.3. The molecule has 0 N–H and O–H groups in total. The molecule has 0 bridgehead atoms. The first-order valence-electron chi connectivity index (χ1n) is 6.21. The maximum atomic E-state index is 5.40. The predicted molar refractivity (Wildman–Crippen MR) is 79.4 cm³/mol. The van der Waals surface area contributed by atoms with Crippen molar-refractivity contribution in [2.24, 2.45) is 7.05 Å². The number of hydrogen-bond acceptors (Lipinski definition) is 5. The number of rotatable bonds is 2. The maximum Gasteiger partial charge on any atom is 0.293 e. The Morgan fingerprint density at radius 3 is 2.90 bits per heavy atom. The normalized spacial score (nSPS) is 11.3. The molecule has 4 aromatic rings. The molecule has 0 radical (unpaired) electrons. The SMILES string of the molecule is Cn1cnc2cc(-c3noc(-c4ccc(Br)o4)n3)ccc21. The van der Waals surface area contributed by atoms with Gasteiger partial charge in [0.15, 0.2) is 10.4 Å². The van der Waals surface area contributed by atoms with Crippen LogP contribution >= 0.6 is 15.9 Å². The second-order valence-corrected chi connectivity index (χ2v) is 5.37. The summed E-state index contributed by atoms with van der Waals surface area (Å²) >= 11 is 3.24. The van der Waals surface area contributed by atoms with Gasteiger partial charge in [0.2, 0.25) is 5.82 Å². The first-order valence-corrected chi connectivity index (χ1v) is 7.01. The molecule has 7 heteroatoms. The van der Waals surface area contributed by atoms with Gasteiger partial charge in [-0.3, -0.25) is 0 Å². The van der Waals surface area contributed by atoms with E-state index in [-0.39, 0.29) is 0 Å². The van der Waals surface area contributed by atoms with Crippen LogP contribution in [0.15, 0.2) is 50.3 Å². The summed E-state index contributed by atoms with van der Waals surface area (Å²) < 4.78 is 13.2. The Hall–Kier alpha value is -2.41. The second kappa shape index (κ2) is 4.56. The Labute approximate surface area is 127 Å². The van der Waals surface area contributed by atoms with Gasteiger partial charge in [0, 0.05) is 12.6 Å². The van der Waals surface area contributed by atoms with Gasteiger partial charge in [0.25, 0.3) is 5.89 Å². The van der Waals surface area contributed by atoms with Crippen molar-refractivity contribution < 1.29 is 8.94 Å². The molecule has 0 atom stereocenters. The molecule has 0 amide bonds. The van der Waals surface area contributed by atoms with Gasteiger partial charge >= 0.3 is 0 Å². The van der Waals surface area contributed by atoms with E-state index in [1.807, 2.05) is 29.8 Å². The molecular weight excluding hydrogens is 336 g/mol. The molecule has 4 rings (SSSR count). The summed E-state index contributed by atoms with van der Waals surface area (Å²) in [6.45, 7) is 0. The molecule has 0 aliphatic carbocycles. The lowest BCUT2D eigenvalue weighted by atomic mass is 10.2. The largest absolute Gasteiger partial charge is 0.444 e. The second-order valence-electron chi connectivity index (χ2n) is 4.59. The molecule has 0 aliphatic rings. The van der Waals surface area contributed by atoms with Crippen molar-refractivity contribution in [3.05, 3.63) is 41.3 Å². The third-order valence-electron chi connectivity index (χ3n) is 3.19. The van der Waals surface area contributed by atoms with Crippen LogP contribution in [0.1, 0.15) is 0 Å². The Morgan fingerprint density at radius 1 is 1.19 bits per heavy atom. The highest BCUT2D eigenvalue weighted by molar-refractivity contribution is 9.10. The number of benzene rings is 1. The monoisotopic (exact) mass is 344 g/mol. The van der Waals surface area contributed by atoms with Crippen LogP contribution in [0.3, 0.4) is 0 Å². The van der Waals surface area contributed by atoms with Gasteiger partial charge in [-0.2, -0.15) is 4.98 Å². The average Bonchev–Trinajstić information content (AvgIpc) is 3.19.